The molecule has 0 spiro atoms. The monoisotopic (exact) mass is 211 g/mol. The zero-order valence-corrected chi connectivity index (χ0v) is 9.46. The molecule has 0 aromatic carbocycles. The summed E-state index contributed by atoms with van der Waals surface area (Å²) in [7, 11) is 0. The summed E-state index contributed by atoms with van der Waals surface area (Å²) in [6, 6.07) is 0. The van der Waals surface area contributed by atoms with Gasteiger partial charge >= 0.3 is 0 Å². The lowest BCUT2D eigenvalue weighted by atomic mass is 10.1. The Morgan fingerprint density at radius 2 is 2.33 bits per heavy atom. The molecular formula is C11H21N3O. The third kappa shape index (κ3) is 2.49. The fourth-order valence-corrected chi connectivity index (χ4v) is 2.14. The normalized spacial score (nSPS) is 29.1. The number of rotatable bonds is 4. The second-order valence-electron chi connectivity index (χ2n) is 4.91. The number of amides is 1. The highest BCUT2D eigenvalue weighted by Gasteiger charge is 2.45. The van der Waals surface area contributed by atoms with Gasteiger partial charge in [0.2, 0.25) is 5.91 Å². The third-order valence-corrected chi connectivity index (χ3v) is 3.61. The molecule has 2 fully saturated rings. The van der Waals surface area contributed by atoms with Crippen molar-refractivity contribution in [2.75, 3.05) is 26.2 Å². The highest BCUT2D eigenvalue weighted by Crippen LogP contribution is 2.32. The van der Waals surface area contributed by atoms with Gasteiger partial charge in [-0.25, -0.2) is 0 Å². The summed E-state index contributed by atoms with van der Waals surface area (Å²) in [6.07, 6.45) is 2.90. The zero-order valence-electron chi connectivity index (χ0n) is 9.46. The van der Waals surface area contributed by atoms with E-state index in [9.17, 15) is 4.79 Å². The first-order valence-corrected chi connectivity index (χ1v) is 5.93. The van der Waals surface area contributed by atoms with Crippen LogP contribution >= 0.6 is 0 Å². The molecule has 0 aromatic heterocycles. The summed E-state index contributed by atoms with van der Waals surface area (Å²) < 4.78 is 0. The molecular weight excluding hydrogens is 190 g/mol. The molecule has 1 aliphatic carbocycles. The van der Waals surface area contributed by atoms with E-state index < -0.39 is 5.54 Å². The topological polar surface area (TPSA) is 58.4 Å². The van der Waals surface area contributed by atoms with Gasteiger partial charge in [0.25, 0.3) is 0 Å². The predicted molar refractivity (Wildman–Crippen MR) is 59.4 cm³/mol. The van der Waals surface area contributed by atoms with Crippen molar-refractivity contribution in [3.8, 4) is 0 Å². The quantitative estimate of drug-likeness (QED) is 0.684. The van der Waals surface area contributed by atoms with Crippen LogP contribution in [0.3, 0.4) is 0 Å². The molecule has 1 aliphatic heterocycles. The Bertz CT molecular complexity index is 250. The Kier molecular flexibility index (Phi) is 2.98. The molecule has 0 aromatic rings. The summed E-state index contributed by atoms with van der Waals surface area (Å²) in [5.41, 5.74) is 5.29. The predicted octanol–water partition coefficient (Wildman–Crippen LogP) is -0.0643. The van der Waals surface area contributed by atoms with Crippen molar-refractivity contribution >= 4 is 5.91 Å². The summed E-state index contributed by atoms with van der Waals surface area (Å²) in [6.45, 7) is 6.39. The molecule has 1 heterocycles. The highest BCUT2D eigenvalue weighted by molar-refractivity contribution is 5.88. The minimum Gasteiger partial charge on any atom is -0.354 e. The van der Waals surface area contributed by atoms with Gasteiger partial charge in [0.05, 0.1) is 5.54 Å². The fourth-order valence-electron chi connectivity index (χ4n) is 2.14. The summed E-state index contributed by atoms with van der Waals surface area (Å²) in [4.78, 5) is 14.0. The molecule has 2 aliphatic rings. The largest absolute Gasteiger partial charge is 0.354 e. The maximum absolute atomic E-state index is 11.6. The Morgan fingerprint density at radius 1 is 1.60 bits per heavy atom. The number of likely N-dealkylation sites (tertiary alicyclic amines) is 1. The summed E-state index contributed by atoms with van der Waals surface area (Å²) >= 11 is 0. The average molecular weight is 211 g/mol. The second-order valence-corrected chi connectivity index (χ2v) is 4.91. The molecule has 3 N–H and O–H groups in total. The summed E-state index contributed by atoms with van der Waals surface area (Å²) in [5.74, 6) is 0.675. The van der Waals surface area contributed by atoms with Crippen LogP contribution in [-0.4, -0.2) is 42.5 Å². The Hall–Kier alpha value is -0.610. The van der Waals surface area contributed by atoms with Gasteiger partial charge in [-0.2, -0.15) is 0 Å². The van der Waals surface area contributed by atoms with E-state index in [1.165, 1.54) is 13.0 Å². The first kappa shape index (κ1) is 10.9. The van der Waals surface area contributed by atoms with Crippen LogP contribution < -0.4 is 11.1 Å². The molecule has 4 heteroatoms. The Morgan fingerprint density at radius 3 is 2.87 bits per heavy atom. The van der Waals surface area contributed by atoms with Gasteiger partial charge in [-0.05, 0) is 38.3 Å². The third-order valence-electron chi connectivity index (χ3n) is 3.61. The number of nitrogens with two attached hydrogens (primary N) is 1. The number of hydrogen-bond acceptors (Lipinski definition) is 3. The standard InChI is InChI=1S/C11H21N3O/c1-2-14-6-3-9(8-14)7-13-10(15)11(12)4-5-11/h9H,2-8,12H2,1H3,(H,13,15). The van der Waals surface area contributed by atoms with Crippen LogP contribution in [-0.2, 0) is 4.79 Å². The van der Waals surface area contributed by atoms with E-state index in [0.717, 1.165) is 32.5 Å². The highest BCUT2D eigenvalue weighted by atomic mass is 16.2. The van der Waals surface area contributed by atoms with Crippen molar-refractivity contribution in [2.45, 2.75) is 31.7 Å². The zero-order chi connectivity index (χ0) is 10.9. The lowest BCUT2D eigenvalue weighted by Gasteiger charge is -2.15. The lowest BCUT2D eigenvalue weighted by Crippen LogP contribution is -2.44. The van der Waals surface area contributed by atoms with Crippen LogP contribution in [0.5, 0.6) is 0 Å². The number of hydrogen-bond donors (Lipinski definition) is 2. The van der Waals surface area contributed by atoms with Gasteiger partial charge in [0.1, 0.15) is 0 Å². The smallest absolute Gasteiger partial charge is 0.240 e. The van der Waals surface area contributed by atoms with Crippen molar-refractivity contribution in [3.63, 3.8) is 0 Å². The van der Waals surface area contributed by atoms with Gasteiger partial charge in [0, 0.05) is 13.1 Å². The van der Waals surface area contributed by atoms with Crippen LogP contribution in [0.4, 0.5) is 0 Å². The van der Waals surface area contributed by atoms with Crippen LogP contribution in [0.25, 0.3) is 0 Å². The van der Waals surface area contributed by atoms with E-state index >= 15 is 0 Å². The molecule has 1 unspecified atom stereocenters. The fraction of sp³-hybridized carbons (Fsp3) is 0.909. The number of carbonyl (C=O) groups is 1. The van der Waals surface area contributed by atoms with Crippen LogP contribution in [0.15, 0.2) is 0 Å². The molecule has 0 bridgehead atoms. The molecule has 15 heavy (non-hydrogen) atoms. The van der Waals surface area contributed by atoms with Crippen molar-refractivity contribution in [1.82, 2.24) is 10.2 Å². The first-order valence-electron chi connectivity index (χ1n) is 5.93. The average Bonchev–Trinajstić information content (AvgIpc) is 2.83. The van der Waals surface area contributed by atoms with Crippen LogP contribution in [0, 0.1) is 5.92 Å². The SMILES string of the molecule is CCN1CCC(CNC(=O)C2(N)CC2)C1. The minimum atomic E-state index is -0.511. The van der Waals surface area contributed by atoms with Gasteiger partial charge in [-0.15, -0.1) is 0 Å². The van der Waals surface area contributed by atoms with Crippen molar-refractivity contribution in [1.29, 1.82) is 0 Å². The summed E-state index contributed by atoms with van der Waals surface area (Å²) in [5, 5.41) is 2.98. The van der Waals surface area contributed by atoms with Gasteiger partial charge in [-0.3, -0.25) is 4.79 Å². The maximum Gasteiger partial charge on any atom is 0.240 e. The van der Waals surface area contributed by atoms with Crippen molar-refractivity contribution in [3.05, 3.63) is 0 Å². The minimum absolute atomic E-state index is 0.0532. The van der Waals surface area contributed by atoms with E-state index in [1.54, 1.807) is 0 Å². The Labute approximate surface area is 91.2 Å². The molecule has 1 amide bonds. The molecule has 2 rings (SSSR count). The van der Waals surface area contributed by atoms with Gasteiger partial charge in [0.15, 0.2) is 0 Å². The Balaban J connectivity index is 1.68. The van der Waals surface area contributed by atoms with Crippen LogP contribution in [0.1, 0.15) is 26.2 Å². The molecule has 0 radical (unpaired) electrons. The van der Waals surface area contributed by atoms with Crippen molar-refractivity contribution in [2.24, 2.45) is 11.7 Å². The van der Waals surface area contributed by atoms with Gasteiger partial charge in [-0.1, -0.05) is 6.92 Å². The van der Waals surface area contributed by atoms with Gasteiger partial charge < -0.3 is 16.0 Å². The van der Waals surface area contributed by atoms with E-state index in [1.807, 2.05) is 0 Å². The lowest BCUT2D eigenvalue weighted by molar-refractivity contribution is -0.123. The van der Waals surface area contributed by atoms with E-state index in [0.29, 0.717) is 5.92 Å². The molecule has 1 saturated carbocycles. The first-order chi connectivity index (χ1) is 7.14. The van der Waals surface area contributed by atoms with Crippen LogP contribution in [0.2, 0.25) is 0 Å². The molecule has 1 saturated heterocycles. The number of carbonyl (C=O) groups excluding carboxylic acids is 1. The molecule has 4 nitrogen and oxygen atoms in total. The van der Waals surface area contributed by atoms with E-state index in [-0.39, 0.29) is 5.91 Å². The second kappa shape index (κ2) is 4.10. The van der Waals surface area contributed by atoms with E-state index in [2.05, 4.69) is 17.1 Å². The molecule has 86 valence electrons. The maximum atomic E-state index is 11.6. The number of nitrogens with zero attached hydrogens (tertiary/aromatic N) is 1. The van der Waals surface area contributed by atoms with Crippen molar-refractivity contribution < 1.29 is 4.79 Å². The number of nitrogens with one attached hydrogen (secondary N) is 1. The van der Waals surface area contributed by atoms with E-state index in [4.69, 9.17) is 5.73 Å². The molecule has 1 atom stereocenters.